The van der Waals surface area contributed by atoms with Gasteiger partial charge in [0.2, 0.25) is 0 Å². The average molecular weight is 507 g/mol. The lowest BCUT2D eigenvalue weighted by molar-refractivity contribution is -0.0411. The Kier molecular flexibility index (Phi) is 5.19. The summed E-state index contributed by atoms with van der Waals surface area (Å²) in [5, 5.41) is 4.62. The fourth-order valence-electron chi connectivity index (χ4n) is 4.98. The van der Waals surface area contributed by atoms with Crippen molar-refractivity contribution in [3.63, 3.8) is 0 Å². The molecule has 0 aliphatic carbocycles. The van der Waals surface area contributed by atoms with Crippen LogP contribution in [0.15, 0.2) is 60.9 Å². The van der Waals surface area contributed by atoms with Crippen LogP contribution in [0.2, 0.25) is 0 Å². The van der Waals surface area contributed by atoms with Gasteiger partial charge >= 0.3 is 0 Å². The van der Waals surface area contributed by atoms with E-state index in [2.05, 4.69) is 70.5 Å². The molecule has 0 bridgehead atoms. The van der Waals surface area contributed by atoms with Crippen molar-refractivity contribution in [2.24, 2.45) is 0 Å². The first-order chi connectivity index (χ1) is 18.0. The Morgan fingerprint density at radius 1 is 1.05 bits per heavy atom. The van der Waals surface area contributed by atoms with Crippen LogP contribution in [0.4, 0.5) is 5.82 Å². The second-order valence-electron chi connectivity index (χ2n) is 10.2. The van der Waals surface area contributed by atoms with Gasteiger partial charge in [0.05, 0.1) is 39.2 Å². The minimum atomic E-state index is -0.181. The van der Waals surface area contributed by atoms with Crippen LogP contribution in [0.25, 0.3) is 42.9 Å². The molecule has 0 unspecified atom stereocenters. The third-order valence-corrected chi connectivity index (χ3v) is 8.02. The number of thiophene rings is 1. The van der Waals surface area contributed by atoms with Crippen LogP contribution in [0.3, 0.4) is 0 Å². The number of anilines is 1. The molecule has 0 amide bonds. The maximum Gasteiger partial charge on any atom is 0.147 e. The van der Waals surface area contributed by atoms with Crippen LogP contribution in [-0.2, 0) is 24.2 Å². The highest BCUT2D eigenvalue weighted by molar-refractivity contribution is 7.25. The van der Waals surface area contributed by atoms with E-state index in [9.17, 15) is 0 Å². The minimum Gasteiger partial charge on any atom is -0.370 e. The normalized spacial score (nSPS) is 14.9. The van der Waals surface area contributed by atoms with E-state index in [-0.39, 0.29) is 5.60 Å². The number of pyridine rings is 1. The van der Waals surface area contributed by atoms with E-state index in [0.717, 1.165) is 79.3 Å². The Hall–Kier alpha value is -3.88. The smallest absolute Gasteiger partial charge is 0.147 e. The fourth-order valence-corrected chi connectivity index (χ4v) is 6.08. The van der Waals surface area contributed by atoms with Crippen LogP contribution < -0.4 is 5.32 Å². The van der Waals surface area contributed by atoms with Crippen molar-refractivity contribution in [2.45, 2.75) is 38.9 Å². The Labute approximate surface area is 218 Å². The second-order valence-corrected chi connectivity index (χ2v) is 11.2. The second kappa shape index (κ2) is 8.61. The van der Waals surface area contributed by atoms with Crippen LogP contribution in [0, 0.1) is 0 Å². The predicted octanol–water partition coefficient (Wildman–Crippen LogP) is 6.29. The van der Waals surface area contributed by atoms with Gasteiger partial charge in [0.25, 0.3) is 0 Å². The number of nitrogens with zero attached hydrogens (tertiary/aromatic N) is 4. The first-order valence-corrected chi connectivity index (χ1v) is 13.3. The SMILES string of the molecule is CC1(C)Cc2nc3sc4c(NCCc5ccc6nc(-c7ccccc7)[nH]c6c5)ncnc4c3cc2CO1. The molecule has 6 aromatic rings. The Balaban J connectivity index is 1.12. The van der Waals surface area contributed by atoms with E-state index < -0.39 is 0 Å². The summed E-state index contributed by atoms with van der Waals surface area (Å²) in [6.07, 6.45) is 3.32. The number of fused-ring (bicyclic) bond motifs is 5. The molecule has 4 aromatic heterocycles. The number of rotatable bonds is 5. The van der Waals surface area contributed by atoms with Gasteiger partial charge in [-0.15, -0.1) is 11.3 Å². The first-order valence-electron chi connectivity index (χ1n) is 12.5. The van der Waals surface area contributed by atoms with Crippen molar-refractivity contribution < 1.29 is 4.74 Å². The molecular formula is C29H26N6OS. The standard InChI is InChI=1S/C29H26N6OS/c1-29(2)14-23-19(15-36-29)13-20-24-25(37-28(20)35-23)27(32-16-31-24)30-11-10-17-8-9-21-22(12-17)34-26(33-21)18-6-4-3-5-7-18/h3-9,12-13,16H,10-11,14-15H2,1-2H3,(H,33,34)(H,30,31,32). The highest BCUT2D eigenvalue weighted by atomic mass is 32.1. The first kappa shape index (κ1) is 22.3. The predicted molar refractivity (Wildman–Crippen MR) is 149 cm³/mol. The van der Waals surface area contributed by atoms with Crippen LogP contribution in [0.1, 0.15) is 30.7 Å². The average Bonchev–Trinajstić information content (AvgIpc) is 3.49. The molecule has 0 saturated carbocycles. The summed E-state index contributed by atoms with van der Waals surface area (Å²) in [6, 6.07) is 18.8. The fraction of sp³-hybridized carbons (Fsp3) is 0.241. The number of imidazole rings is 1. The third-order valence-electron chi connectivity index (χ3n) is 6.93. The van der Waals surface area contributed by atoms with Crippen LogP contribution in [-0.4, -0.2) is 37.1 Å². The Bertz CT molecular complexity index is 1770. The molecule has 37 heavy (non-hydrogen) atoms. The van der Waals surface area contributed by atoms with E-state index >= 15 is 0 Å². The summed E-state index contributed by atoms with van der Waals surface area (Å²) in [7, 11) is 0. The van der Waals surface area contributed by atoms with E-state index in [1.165, 1.54) is 5.56 Å². The zero-order valence-electron chi connectivity index (χ0n) is 20.7. The molecular weight excluding hydrogens is 480 g/mol. The molecule has 0 radical (unpaired) electrons. The van der Waals surface area contributed by atoms with Gasteiger partial charge in [-0.1, -0.05) is 36.4 Å². The van der Waals surface area contributed by atoms with Crippen molar-refractivity contribution in [1.82, 2.24) is 24.9 Å². The molecule has 2 aromatic carbocycles. The number of ether oxygens (including phenoxy) is 1. The summed E-state index contributed by atoms with van der Waals surface area (Å²) in [4.78, 5) is 23.4. The number of hydrogen-bond acceptors (Lipinski definition) is 7. The molecule has 7 rings (SSSR count). The molecule has 0 spiro atoms. The third kappa shape index (κ3) is 4.12. The lowest BCUT2D eigenvalue weighted by Gasteiger charge is -2.30. The molecule has 2 N–H and O–H groups in total. The van der Waals surface area contributed by atoms with Gasteiger partial charge in [0.15, 0.2) is 0 Å². The number of aromatic amines is 1. The monoisotopic (exact) mass is 506 g/mol. The minimum absolute atomic E-state index is 0.181. The van der Waals surface area contributed by atoms with Gasteiger partial charge in [-0.05, 0) is 44.0 Å². The largest absolute Gasteiger partial charge is 0.370 e. The van der Waals surface area contributed by atoms with Crippen molar-refractivity contribution in [3.8, 4) is 11.4 Å². The molecule has 1 aliphatic rings. The lowest BCUT2D eigenvalue weighted by Crippen LogP contribution is -2.32. The van der Waals surface area contributed by atoms with E-state index in [4.69, 9.17) is 14.7 Å². The molecule has 0 saturated heterocycles. The van der Waals surface area contributed by atoms with Crippen molar-refractivity contribution in [2.75, 3.05) is 11.9 Å². The lowest BCUT2D eigenvalue weighted by atomic mass is 9.95. The summed E-state index contributed by atoms with van der Waals surface area (Å²) >= 11 is 1.66. The van der Waals surface area contributed by atoms with E-state index in [1.54, 1.807) is 17.7 Å². The molecule has 7 nitrogen and oxygen atoms in total. The van der Waals surface area contributed by atoms with Gasteiger partial charge < -0.3 is 15.0 Å². The van der Waals surface area contributed by atoms with Crippen molar-refractivity contribution in [3.05, 3.63) is 77.7 Å². The molecule has 1 aliphatic heterocycles. The van der Waals surface area contributed by atoms with Gasteiger partial charge in [-0.2, -0.15) is 0 Å². The van der Waals surface area contributed by atoms with E-state index in [0.29, 0.717) is 6.61 Å². The van der Waals surface area contributed by atoms with Gasteiger partial charge in [-0.3, -0.25) is 0 Å². The molecule has 5 heterocycles. The zero-order chi connectivity index (χ0) is 25.0. The summed E-state index contributed by atoms with van der Waals surface area (Å²) in [6.45, 7) is 5.59. The van der Waals surface area contributed by atoms with Gasteiger partial charge in [0.1, 0.15) is 22.8 Å². The number of H-pyrrole nitrogens is 1. The maximum atomic E-state index is 6.01. The maximum absolute atomic E-state index is 6.01. The summed E-state index contributed by atoms with van der Waals surface area (Å²) in [5.74, 6) is 1.75. The van der Waals surface area contributed by atoms with E-state index in [1.807, 2.05) is 18.2 Å². The number of aromatic nitrogens is 5. The van der Waals surface area contributed by atoms with Crippen molar-refractivity contribution >= 4 is 48.6 Å². The number of hydrogen-bond donors (Lipinski definition) is 2. The Morgan fingerprint density at radius 3 is 2.84 bits per heavy atom. The topological polar surface area (TPSA) is 88.6 Å². The summed E-state index contributed by atoms with van der Waals surface area (Å²) in [5.41, 5.74) is 7.40. The zero-order valence-corrected chi connectivity index (χ0v) is 21.5. The quantitative estimate of drug-likeness (QED) is 0.286. The van der Waals surface area contributed by atoms with Crippen molar-refractivity contribution in [1.29, 1.82) is 0 Å². The molecule has 0 atom stereocenters. The van der Waals surface area contributed by atoms with Gasteiger partial charge in [0, 0.05) is 29.5 Å². The molecule has 8 heteroatoms. The number of benzene rings is 2. The van der Waals surface area contributed by atoms with Crippen LogP contribution in [0.5, 0.6) is 0 Å². The Morgan fingerprint density at radius 2 is 1.95 bits per heavy atom. The highest BCUT2D eigenvalue weighted by Crippen LogP contribution is 2.38. The summed E-state index contributed by atoms with van der Waals surface area (Å²) < 4.78 is 7.06. The molecule has 0 fully saturated rings. The number of nitrogens with one attached hydrogen (secondary N) is 2. The highest BCUT2D eigenvalue weighted by Gasteiger charge is 2.28. The van der Waals surface area contributed by atoms with Gasteiger partial charge in [-0.25, -0.2) is 19.9 Å². The molecule has 184 valence electrons. The van der Waals surface area contributed by atoms with Crippen LogP contribution >= 0.6 is 11.3 Å².